The number of fused-ring (bicyclic) bond motifs is 1. The summed E-state index contributed by atoms with van der Waals surface area (Å²) in [5.41, 5.74) is 2.16. The Morgan fingerprint density at radius 1 is 1.26 bits per heavy atom. The Morgan fingerprint density at radius 3 is 2.65 bits per heavy atom. The second kappa shape index (κ2) is 9.99. The van der Waals surface area contributed by atoms with Gasteiger partial charge in [0.2, 0.25) is 0 Å². The highest BCUT2D eigenvalue weighted by molar-refractivity contribution is 9.10. The lowest BCUT2D eigenvalue weighted by Crippen LogP contribution is -2.40. The van der Waals surface area contributed by atoms with Crippen molar-refractivity contribution in [1.29, 1.82) is 0 Å². The third-order valence-corrected chi connectivity index (χ3v) is 7.00. The predicted molar refractivity (Wildman–Crippen MR) is 134 cm³/mol. The van der Waals surface area contributed by atoms with Crippen LogP contribution in [0, 0.1) is 0 Å². The first-order valence-electron chi connectivity index (χ1n) is 10.7. The number of aromatic nitrogens is 1. The zero-order valence-corrected chi connectivity index (χ0v) is 21.3. The highest BCUT2D eigenvalue weighted by atomic mass is 79.9. The van der Waals surface area contributed by atoms with Gasteiger partial charge in [0.25, 0.3) is 5.56 Å². The van der Waals surface area contributed by atoms with E-state index in [1.165, 1.54) is 18.4 Å². The summed E-state index contributed by atoms with van der Waals surface area (Å²) in [5, 5.41) is 10.2. The topological polar surface area (TPSA) is 90.1 Å². The summed E-state index contributed by atoms with van der Waals surface area (Å²) >= 11 is 4.59. The van der Waals surface area contributed by atoms with Crippen molar-refractivity contribution in [1.82, 2.24) is 4.57 Å². The molecule has 3 aromatic rings. The van der Waals surface area contributed by atoms with Crippen LogP contribution in [0.2, 0.25) is 0 Å². The summed E-state index contributed by atoms with van der Waals surface area (Å²) in [7, 11) is 1.33. The highest BCUT2D eigenvalue weighted by Gasteiger charge is 2.33. The van der Waals surface area contributed by atoms with E-state index in [9.17, 15) is 14.7 Å². The first-order chi connectivity index (χ1) is 16.4. The molecule has 7 nitrogen and oxygen atoms in total. The van der Waals surface area contributed by atoms with Gasteiger partial charge in [-0.25, -0.2) is 9.79 Å². The minimum absolute atomic E-state index is 0.000143. The molecule has 0 saturated carbocycles. The van der Waals surface area contributed by atoms with E-state index in [1.54, 1.807) is 22.8 Å². The smallest absolute Gasteiger partial charge is 0.338 e. The van der Waals surface area contributed by atoms with Gasteiger partial charge in [0.1, 0.15) is 0 Å². The average Bonchev–Trinajstić information content (AvgIpc) is 3.15. The molecule has 1 atom stereocenters. The molecule has 1 aromatic heterocycles. The number of rotatable bonds is 6. The molecule has 0 spiro atoms. The van der Waals surface area contributed by atoms with Gasteiger partial charge in [-0.3, -0.25) is 9.36 Å². The first kappa shape index (κ1) is 24.0. The molecule has 0 saturated heterocycles. The van der Waals surface area contributed by atoms with Crippen molar-refractivity contribution < 1.29 is 19.4 Å². The fourth-order valence-electron chi connectivity index (χ4n) is 3.91. The lowest BCUT2D eigenvalue weighted by atomic mass is 9.95. The van der Waals surface area contributed by atoms with Gasteiger partial charge in [-0.15, -0.1) is 0 Å². The summed E-state index contributed by atoms with van der Waals surface area (Å²) in [6.07, 6.45) is 2.24. The maximum absolute atomic E-state index is 13.6. The SMILES string of the molecule is CCOc1cc(/C=c2\sc3n(c2=O)[C@@H](c2ccccc2)C(C(=O)OC)=C(CC)N=3)cc(Br)c1O. The normalized spacial score (nSPS) is 15.6. The molecule has 0 fully saturated rings. The molecule has 0 aliphatic carbocycles. The van der Waals surface area contributed by atoms with Crippen LogP contribution >= 0.6 is 27.3 Å². The largest absolute Gasteiger partial charge is 0.503 e. The van der Waals surface area contributed by atoms with E-state index in [0.29, 0.717) is 49.4 Å². The maximum Gasteiger partial charge on any atom is 0.338 e. The third-order valence-electron chi connectivity index (χ3n) is 5.41. The minimum atomic E-state index is -0.646. The summed E-state index contributed by atoms with van der Waals surface area (Å²) < 4.78 is 13.0. The van der Waals surface area contributed by atoms with Gasteiger partial charge in [0, 0.05) is 0 Å². The quantitative estimate of drug-likeness (QED) is 0.480. The number of nitrogens with zero attached hydrogens (tertiary/aromatic N) is 2. The van der Waals surface area contributed by atoms with Crippen molar-refractivity contribution in [2.45, 2.75) is 26.3 Å². The molecule has 0 amide bonds. The molecule has 0 radical (unpaired) electrons. The molecule has 34 heavy (non-hydrogen) atoms. The number of ether oxygens (including phenoxy) is 2. The maximum atomic E-state index is 13.6. The van der Waals surface area contributed by atoms with Crippen LogP contribution in [0.15, 0.2) is 68.0 Å². The van der Waals surface area contributed by atoms with Crippen molar-refractivity contribution in [2.24, 2.45) is 4.99 Å². The molecular weight excluding hydrogens is 520 g/mol. The van der Waals surface area contributed by atoms with Crippen LogP contribution in [-0.2, 0) is 9.53 Å². The van der Waals surface area contributed by atoms with Crippen molar-refractivity contribution in [3.63, 3.8) is 0 Å². The first-order valence-corrected chi connectivity index (χ1v) is 12.3. The number of phenols is 1. The average molecular weight is 543 g/mol. The number of esters is 1. The van der Waals surface area contributed by atoms with Gasteiger partial charge in [-0.1, -0.05) is 48.6 Å². The Kier molecular flexibility index (Phi) is 7.04. The standard InChI is InChI=1S/C25H23BrN2O5S/c1-4-17-20(24(31)32-3)21(15-9-7-6-8-10-15)28-23(30)19(34-25(28)27-17)13-14-11-16(26)22(29)18(12-14)33-5-2/h6-13,21,29H,4-5H2,1-3H3/b19-13-/t21-/m0/s1. The van der Waals surface area contributed by atoms with Gasteiger partial charge >= 0.3 is 5.97 Å². The minimum Gasteiger partial charge on any atom is -0.503 e. The molecule has 0 unspecified atom stereocenters. The van der Waals surface area contributed by atoms with Gasteiger partial charge in [0.15, 0.2) is 16.3 Å². The van der Waals surface area contributed by atoms with E-state index < -0.39 is 12.0 Å². The molecule has 1 aliphatic heterocycles. The molecule has 1 N–H and O–H groups in total. The Labute approximate surface area is 208 Å². The van der Waals surface area contributed by atoms with Gasteiger partial charge < -0.3 is 14.6 Å². The molecule has 2 heterocycles. The van der Waals surface area contributed by atoms with Gasteiger partial charge in [-0.05, 0) is 58.6 Å². The monoisotopic (exact) mass is 542 g/mol. The number of carbonyl (C=O) groups is 1. The number of aromatic hydroxyl groups is 1. The van der Waals surface area contributed by atoms with Crippen LogP contribution in [0.1, 0.15) is 37.4 Å². The number of halogens is 1. The van der Waals surface area contributed by atoms with Crippen LogP contribution in [-0.4, -0.2) is 29.4 Å². The number of thiazole rings is 1. The fraction of sp³-hybridized carbons (Fsp3) is 0.240. The molecule has 176 valence electrons. The zero-order chi connectivity index (χ0) is 24.4. The molecule has 2 aromatic carbocycles. The Bertz CT molecular complexity index is 1460. The van der Waals surface area contributed by atoms with E-state index in [0.717, 1.165) is 5.56 Å². The summed E-state index contributed by atoms with van der Waals surface area (Å²) in [4.78, 5) is 31.6. The summed E-state index contributed by atoms with van der Waals surface area (Å²) in [6, 6.07) is 12.1. The Balaban J connectivity index is 1.97. The van der Waals surface area contributed by atoms with Crippen LogP contribution in [0.3, 0.4) is 0 Å². The van der Waals surface area contributed by atoms with Crippen molar-refractivity contribution >= 4 is 39.3 Å². The zero-order valence-electron chi connectivity index (χ0n) is 18.9. The molecule has 4 rings (SSSR count). The number of carbonyl (C=O) groups excluding carboxylic acids is 1. The summed E-state index contributed by atoms with van der Waals surface area (Å²) in [6.45, 7) is 4.13. The fourth-order valence-corrected chi connectivity index (χ4v) is 5.39. The van der Waals surface area contributed by atoms with E-state index in [-0.39, 0.29) is 11.3 Å². The van der Waals surface area contributed by atoms with Crippen LogP contribution in [0.4, 0.5) is 0 Å². The second-order valence-electron chi connectivity index (χ2n) is 7.48. The lowest BCUT2D eigenvalue weighted by molar-refractivity contribution is -0.136. The Hall–Kier alpha value is -3.17. The van der Waals surface area contributed by atoms with Crippen molar-refractivity contribution in [2.75, 3.05) is 13.7 Å². The van der Waals surface area contributed by atoms with E-state index in [4.69, 9.17) is 9.47 Å². The number of hydrogen-bond donors (Lipinski definition) is 1. The van der Waals surface area contributed by atoms with Gasteiger partial charge in [-0.2, -0.15) is 0 Å². The van der Waals surface area contributed by atoms with Crippen molar-refractivity contribution in [3.8, 4) is 11.5 Å². The van der Waals surface area contributed by atoms with E-state index in [2.05, 4.69) is 20.9 Å². The number of phenolic OH excluding ortho intramolecular Hbond substituents is 1. The molecule has 1 aliphatic rings. The van der Waals surface area contributed by atoms with Crippen molar-refractivity contribution in [3.05, 3.63) is 89.0 Å². The number of allylic oxidation sites excluding steroid dienone is 1. The highest BCUT2D eigenvalue weighted by Crippen LogP contribution is 2.36. The predicted octanol–water partition coefficient (Wildman–Crippen LogP) is 3.67. The number of hydrogen-bond acceptors (Lipinski definition) is 7. The Morgan fingerprint density at radius 2 is 2.00 bits per heavy atom. The molecule has 0 bridgehead atoms. The summed E-state index contributed by atoms with van der Waals surface area (Å²) in [5.74, 6) is -0.188. The van der Waals surface area contributed by atoms with Crippen LogP contribution in [0.25, 0.3) is 6.08 Å². The third kappa shape index (κ3) is 4.33. The van der Waals surface area contributed by atoms with E-state index >= 15 is 0 Å². The molecule has 9 heteroatoms. The van der Waals surface area contributed by atoms with E-state index in [1.807, 2.05) is 44.2 Å². The molecular formula is C25H23BrN2O5S. The lowest BCUT2D eigenvalue weighted by Gasteiger charge is -2.25. The van der Waals surface area contributed by atoms with Gasteiger partial charge in [0.05, 0.1) is 40.0 Å². The number of methoxy groups -OCH3 is 1. The van der Waals surface area contributed by atoms with Crippen LogP contribution in [0.5, 0.6) is 11.5 Å². The second-order valence-corrected chi connectivity index (χ2v) is 9.34. The van der Waals surface area contributed by atoms with Crippen LogP contribution < -0.4 is 19.6 Å². The number of benzene rings is 2.